The second-order valence-corrected chi connectivity index (χ2v) is 18.8. The number of aldehydes is 1. The minimum absolute atomic E-state index is 0.0119. The maximum Gasteiger partial charge on any atom is 0.408 e. The lowest BCUT2D eigenvalue weighted by Gasteiger charge is -2.51. The summed E-state index contributed by atoms with van der Waals surface area (Å²) in [4.78, 5) is 79.2. The van der Waals surface area contributed by atoms with Gasteiger partial charge in [0.2, 0.25) is 11.8 Å². The third kappa shape index (κ3) is 9.30. The quantitative estimate of drug-likeness (QED) is 0.0608. The van der Waals surface area contributed by atoms with Gasteiger partial charge in [-0.05, 0) is 60.8 Å². The van der Waals surface area contributed by atoms with Gasteiger partial charge in [0.25, 0.3) is 0 Å². The first kappa shape index (κ1) is 42.4. The van der Waals surface area contributed by atoms with E-state index in [-0.39, 0.29) is 44.4 Å². The second-order valence-electron chi connectivity index (χ2n) is 16.1. The van der Waals surface area contributed by atoms with Gasteiger partial charge in [0.05, 0.1) is 38.3 Å². The molecule has 3 saturated heterocycles. The molecule has 3 fully saturated rings. The number of esters is 2. The van der Waals surface area contributed by atoms with Crippen LogP contribution in [-0.2, 0) is 60.8 Å². The van der Waals surface area contributed by atoms with Crippen LogP contribution in [0.4, 0.5) is 4.79 Å². The number of nitrogens with zero attached hydrogens (tertiary/aromatic N) is 5. The van der Waals surface area contributed by atoms with E-state index in [4.69, 9.17) is 23.7 Å². The Balaban J connectivity index is 1.10. The number of alkyl carbamates (subject to hydrolysis) is 1. The molecule has 0 bridgehead atoms. The van der Waals surface area contributed by atoms with Crippen LogP contribution in [-0.4, -0.2) is 138 Å². The van der Waals surface area contributed by atoms with Gasteiger partial charge < -0.3 is 43.6 Å². The molecule has 18 nitrogen and oxygen atoms in total. The highest BCUT2D eigenvalue weighted by Gasteiger charge is 2.70. The van der Waals surface area contributed by atoms with E-state index in [1.165, 1.54) is 40.2 Å². The number of nitrogens with one attached hydrogen (secondary N) is 2. The highest BCUT2D eigenvalue weighted by Crippen LogP contribution is 2.56. The van der Waals surface area contributed by atoms with Gasteiger partial charge in [0.1, 0.15) is 52.6 Å². The Labute approximate surface area is 328 Å². The molecule has 3 amide bonds. The number of amides is 3. The van der Waals surface area contributed by atoms with Crippen molar-refractivity contribution in [2.24, 2.45) is 0 Å². The standard InChI is InChI=1S/C35H51N7O11S2/c1-20(44)51-14-21-16-54-28-23(36-19-52-32(2,3)4)26(45)41(28)25(21)30(47)50-12-10-11-40-13-22(38-39-40)15-49-18-35(17-43)34(8,9)55-29-24(27(46)42(29)35)37-31(48)53-33(5,6)7/h13,16-17,23-25,28-29,36H,10-12,14-15,18-19H2,1-9H3,(H,37,48)/t23-,24-,25-,28-,29?,35?/m1/s1. The molecule has 4 aliphatic rings. The lowest BCUT2D eigenvalue weighted by atomic mass is 9.82. The molecule has 304 valence electrons. The summed E-state index contributed by atoms with van der Waals surface area (Å²) in [6.07, 6.45) is 2.07. The van der Waals surface area contributed by atoms with Crippen LogP contribution in [0.1, 0.15) is 74.4 Å². The molecule has 20 heteroatoms. The molecule has 55 heavy (non-hydrogen) atoms. The van der Waals surface area contributed by atoms with Crippen molar-refractivity contribution in [2.75, 3.05) is 26.6 Å². The van der Waals surface area contributed by atoms with Gasteiger partial charge in [-0.2, -0.15) is 0 Å². The van der Waals surface area contributed by atoms with E-state index in [9.17, 15) is 28.8 Å². The molecule has 4 aliphatic heterocycles. The average molecular weight is 810 g/mol. The monoisotopic (exact) mass is 809 g/mol. The topological polar surface area (TPSA) is 210 Å². The Morgan fingerprint density at radius 2 is 1.73 bits per heavy atom. The van der Waals surface area contributed by atoms with E-state index in [0.29, 0.717) is 24.2 Å². The summed E-state index contributed by atoms with van der Waals surface area (Å²) in [6.45, 7) is 16.2. The van der Waals surface area contributed by atoms with E-state index in [2.05, 4.69) is 20.9 Å². The highest BCUT2D eigenvalue weighted by atomic mass is 32.2. The van der Waals surface area contributed by atoms with Gasteiger partial charge in [0, 0.05) is 30.2 Å². The normalized spacial score (nSPS) is 26.9. The zero-order chi connectivity index (χ0) is 40.5. The Morgan fingerprint density at radius 3 is 2.38 bits per heavy atom. The second kappa shape index (κ2) is 16.4. The number of carbonyl (C=O) groups excluding carboxylic acids is 6. The Bertz CT molecular complexity index is 1690. The van der Waals surface area contributed by atoms with Gasteiger partial charge in [0.15, 0.2) is 6.04 Å². The zero-order valence-corrected chi connectivity index (χ0v) is 34.2. The summed E-state index contributed by atoms with van der Waals surface area (Å²) in [5, 5.41) is 14.9. The molecule has 6 atom stereocenters. The van der Waals surface area contributed by atoms with E-state index in [0.717, 1.165) is 6.29 Å². The number of hydrogen-bond acceptors (Lipinski definition) is 16. The van der Waals surface area contributed by atoms with Gasteiger partial charge in [-0.25, -0.2) is 9.59 Å². The Hall–Kier alpha value is -3.72. The number of β-lactam (4-membered cyclic amide) rings is 2. The molecule has 0 aromatic carbocycles. The summed E-state index contributed by atoms with van der Waals surface area (Å²) in [5.41, 5.74) is -1.48. The number of fused-ring (bicyclic) bond motifs is 2. The Morgan fingerprint density at radius 1 is 1.00 bits per heavy atom. The molecular formula is C35H51N7O11S2. The number of rotatable bonds is 16. The van der Waals surface area contributed by atoms with Crippen molar-refractivity contribution in [3.8, 4) is 0 Å². The van der Waals surface area contributed by atoms with Crippen molar-refractivity contribution in [2.45, 2.75) is 132 Å². The lowest BCUT2D eigenvalue weighted by Crippen LogP contribution is -2.75. The van der Waals surface area contributed by atoms with Crippen LogP contribution in [0, 0.1) is 0 Å². The fourth-order valence-corrected chi connectivity index (χ4v) is 9.42. The fourth-order valence-electron chi connectivity index (χ4n) is 6.45. The predicted molar refractivity (Wildman–Crippen MR) is 199 cm³/mol. The van der Waals surface area contributed by atoms with Gasteiger partial charge in [-0.1, -0.05) is 5.21 Å². The van der Waals surface area contributed by atoms with Crippen LogP contribution >= 0.6 is 23.5 Å². The largest absolute Gasteiger partial charge is 0.464 e. The maximum atomic E-state index is 13.4. The molecule has 1 aromatic rings. The van der Waals surface area contributed by atoms with Gasteiger partial charge in [-0.15, -0.1) is 28.6 Å². The SMILES string of the molecule is CC(=O)OCC1=CS[C@@H]2[C@H](NCOC(C)(C)C)C(=O)N2[C@H]1C(=O)OCCCn1cc(COCC2(C=O)N3C(=O)[C@@H](NC(=O)OC(C)(C)C)C3SC2(C)C)nn1. The molecule has 0 radical (unpaired) electrons. The third-order valence-corrected chi connectivity index (χ3v) is 12.2. The minimum atomic E-state index is -1.28. The zero-order valence-electron chi connectivity index (χ0n) is 32.6. The number of ether oxygens (including phenoxy) is 5. The molecule has 0 spiro atoms. The van der Waals surface area contributed by atoms with E-state index in [1.54, 1.807) is 37.1 Å². The molecule has 0 aliphatic carbocycles. The number of aromatic nitrogens is 3. The molecule has 5 heterocycles. The number of thioether (sulfide) groups is 2. The molecule has 1 aromatic heterocycles. The third-order valence-electron chi connectivity index (χ3n) is 9.27. The molecular weight excluding hydrogens is 759 g/mol. The van der Waals surface area contributed by atoms with E-state index in [1.807, 2.05) is 34.6 Å². The number of hydrogen-bond donors (Lipinski definition) is 2. The summed E-state index contributed by atoms with van der Waals surface area (Å²) in [5.74, 6) is -1.83. The first-order valence-electron chi connectivity index (χ1n) is 18.0. The van der Waals surface area contributed by atoms with Crippen molar-refractivity contribution < 1.29 is 52.5 Å². The fraction of sp³-hybridized carbons (Fsp3) is 0.714. The van der Waals surface area contributed by atoms with E-state index >= 15 is 0 Å². The maximum absolute atomic E-state index is 13.4. The van der Waals surface area contributed by atoms with E-state index < -0.39 is 68.9 Å². The van der Waals surface area contributed by atoms with Crippen LogP contribution < -0.4 is 10.6 Å². The summed E-state index contributed by atoms with van der Waals surface area (Å²) < 4.78 is 28.6. The van der Waals surface area contributed by atoms with Crippen molar-refractivity contribution in [3.63, 3.8) is 0 Å². The summed E-state index contributed by atoms with van der Waals surface area (Å²) in [7, 11) is 0. The minimum Gasteiger partial charge on any atom is -0.464 e. The number of aryl methyl sites for hydroxylation is 1. The first-order chi connectivity index (χ1) is 25.7. The van der Waals surface area contributed by atoms with Gasteiger partial charge in [-0.3, -0.25) is 24.4 Å². The number of carbonyl (C=O) groups is 6. The van der Waals surface area contributed by atoms with Crippen LogP contribution in [0.25, 0.3) is 0 Å². The molecule has 2 unspecified atom stereocenters. The van der Waals surface area contributed by atoms with Crippen molar-refractivity contribution in [1.82, 2.24) is 35.4 Å². The smallest absolute Gasteiger partial charge is 0.408 e. The van der Waals surface area contributed by atoms with Crippen LogP contribution in [0.3, 0.4) is 0 Å². The predicted octanol–water partition coefficient (Wildman–Crippen LogP) is 1.71. The van der Waals surface area contributed by atoms with Crippen molar-refractivity contribution in [1.29, 1.82) is 0 Å². The molecule has 0 saturated carbocycles. The summed E-state index contributed by atoms with van der Waals surface area (Å²) >= 11 is 2.76. The van der Waals surface area contributed by atoms with Crippen molar-refractivity contribution in [3.05, 3.63) is 22.9 Å². The van der Waals surface area contributed by atoms with Crippen molar-refractivity contribution >= 4 is 59.7 Å². The molecule has 5 rings (SSSR count). The molecule has 2 N–H and O–H groups in total. The lowest BCUT2D eigenvalue weighted by molar-refractivity contribution is -0.164. The first-order valence-corrected chi connectivity index (χ1v) is 19.8. The highest BCUT2D eigenvalue weighted by molar-refractivity contribution is 8.03. The Kier molecular flexibility index (Phi) is 12.7. The van der Waals surface area contributed by atoms with Crippen LogP contribution in [0.5, 0.6) is 0 Å². The van der Waals surface area contributed by atoms with Crippen LogP contribution in [0.15, 0.2) is 17.2 Å². The average Bonchev–Trinajstić information content (AvgIpc) is 3.62. The summed E-state index contributed by atoms with van der Waals surface area (Å²) in [6, 6.07) is -2.42. The van der Waals surface area contributed by atoms with Crippen LogP contribution in [0.2, 0.25) is 0 Å². The van der Waals surface area contributed by atoms with Gasteiger partial charge >= 0.3 is 18.0 Å².